The fourth-order valence-electron chi connectivity index (χ4n) is 2.59. The van der Waals surface area contributed by atoms with E-state index in [-0.39, 0.29) is 17.3 Å². The molecule has 0 aromatic heterocycles. The molecule has 0 unspecified atom stereocenters. The first-order valence-electron chi connectivity index (χ1n) is 8.25. The number of hydrogen-bond acceptors (Lipinski definition) is 4. The highest BCUT2D eigenvalue weighted by Crippen LogP contribution is 2.32. The third-order valence-electron chi connectivity index (χ3n) is 3.88. The summed E-state index contributed by atoms with van der Waals surface area (Å²) in [5, 5.41) is 7.39. The summed E-state index contributed by atoms with van der Waals surface area (Å²) in [4.78, 5) is 23.6. The molecule has 28 heavy (non-hydrogen) atoms. The summed E-state index contributed by atoms with van der Waals surface area (Å²) >= 11 is 8.63. The third kappa shape index (κ3) is 4.65. The molecule has 3 aromatic carbocycles. The van der Waals surface area contributed by atoms with Gasteiger partial charge >= 0.3 is 0 Å². The van der Waals surface area contributed by atoms with Crippen LogP contribution in [0.5, 0.6) is 5.75 Å². The zero-order valence-corrected chi connectivity index (χ0v) is 17.0. The molecule has 0 radical (unpaired) electrons. The first kappa shape index (κ1) is 19.8. The maximum atomic E-state index is 12.1. The van der Waals surface area contributed by atoms with Crippen molar-refractivity contribution in [3.05, 3.63) is 70.7 Å². The molecular formula is C20H16BrN3O3S. The van der Waals surface area contributed by atoms with Crippen molar-refractivity contribution < 1.29 is 14.3 Å². The number of hydrogen-bond donors (Lipinski definition) is 3. The van der Waals surface area contributed by atoms with Crippen LogP contribution in [0, 0.1) is 0 Å². The molecule has 0 fully saturated rings. The number of halogens is 1. The van der Waals surface area contributed by atoms with Crippen molar-refractivity contribution in [3.8, 4) is 5.75 Å². The summed E-state index contributed by atoms with van der Waals surface area (Å²) in [6.07, 6.45) is 0. The second-order valence-corrected chi connectivity index (χ2v) is 7.00. The van der Waals surface area contributed by atoms with E-state index in [4.69, 9.17) is 22.7 Å². The van der Waals surface area contributed by atoms with Crippen LogP contribution in [0.1, 0.15) is 10.4 Å². The van der Waals surface area contributed by atoms with Gasteiger partial charge in [-0.3, -0.25) is 14.9 Å². The Balaban J connectivity index is 1.60. The summed E-state index contributed by atoms with van der Waals surface area (Å²) in [7, 11) is 0. The highest BCUT2D eigenvalue weighted by Gasteiger charge is 2.12. The van der Waals surface area contributed by atoms with Gasteiger partial charge in [-0.05, 0) is 57.1 Å². The molecule has 0 heterocycles. The van der Waals surface area contributed by atoms with Crippen molar-refractivity contribution in [1.82, 2.24) is 5.32 Å². The number of amides is 2. The normalized spacial score (nSPS) is 10.3. The van der Waals surface area contributed by atoms with E-state index >= 15 is 0 Å². The van der Waals surface area contributed by atoms with Gasteiger partial charge in [-0.2, -0.15) is 0 Å². The summed E-state index contributed by atoms with van der Waals surface area (Å²) < 4.78 is 6.37. The van der Waals surface area contributed by atoms with Crippen LogP contribution in [0.3, 0.4) is 0 Å². The molecule has 8 heteroatoms. The molecule has 0 spiro atoms. The number of nitrogens with two attached hydrogens (primary N) is 1. The van der Waals surface area contributed by atoms with Crippen molar-refractivity contribution in [1.29, 1.82) is 0 Å². The Kier molecular flexibility index (Phi) is 6.23. The summed E-state index contributed by atoms with van der Waals surface area (Å²) in [5.41, 5.74) is 6.01. The Morgan fingerprint density at radius 3 is 2.54 bits per heavy atom. The maximum Gasteiger partial charge on any atom is 0.264 e. The third-order valence-corrected chi connectivity index (χ3v) is 4.90. The van der Waals surface area contributed by atoms with Crippen molar-refractivity contribution in [3.63, 3.8) is 0 Å². The van der Waals surface area contributed by atoms with Crippen molar-refractivity contribution >= 4 is 61.5 Å². The second kappa shape index (κ2) is 8.81. The Hall–Kier alpha value is -2.97. The predicted molar refractivity (Wildman–Crippen MR) is 116 cm³/mol. The Bertz CT molecular complexity index is 1070. The molecule has 0 atom stereocenters. The summed E-state index contributed by atoms with van der Waals surface area (Å²) in [5.74, 6) is -0.484. The van der Waals surface area contributed by atoms with Gasteiger partial charge in [0, 0.05) is 0 Å². The van der Waals surface area contributed by atoms with E-state index in [1.165, 1.54) is 0 Å². The molecule has 3 rings (SSSR count). The van der Waals surface area contributed by atoms with Gasteiger partial charge in [-0.15, -0.1) is 0 Å². The van der Waals surface area contributed by atoms with Crippen LogP contribution in [0.15, 0.2) is 65.1 Å². The van der Waals surface area contributed by atoms with E-state index in [2.05, 4.69) is 26.6 Å². The molecule has 6 nitrogen and oxygen atoms in total. The zero-order valence-electron chi connectivity index (χ0n) is 14.6. The monoisotopic (exact) mass is 457 g/mol. The van der Waals surface area contributed by atoms with E-state index in [1.807, 2.05) is 30.3 Å². The fourth-order valence-corrected chi connectivity index (χ4v) is 3.42. The van der Waals surface area contributed by atoms with Crippen LogP contribution < -0.4 is 21.1 Å². The highest BCUT2D eigenvalue weighted by atomic mass is 79.9. The molecule has 2 amide bonds. The smallest absolute Gasteiger partial charge is 0.264 e. The summed E-state index contributed by atoms with van der Waals surface area (Å²) in [6, 6.07) is 18.1. The van der Waals surface area contributed by atoms with Crippen LogP contribution in [-0.2, 0) is 4.79 Å². The Morgan fingerprint density at radius 2 is 1.75 bits per heavy atom. The van der Waals surface area contributed by atoms with E-state index in [9.17, 15) is 9.59 Å². The molecule has 4 N–H and O–H groups in total. The minimum Gasteiger partial charge on any atom is -0.483 e. The first-order valence-corrected chi connectivity index (χ1v) is 9.45. The molecular weight excluding hydrogens is 442 g/mol. The number of carbonyl (C=O) groups is 2. The van der Waals surface area contributed by atoms with Gasteiger partial charge in [0.2, 0.25) is 0 Å². The van der Waals surface area contributed by atoms with E-state index in [1.54, 1.807) is 30.3 Å². The standard InChI is InChI=1S/C20H16BrN3O3S/c21-18-13-6-2-1-5-12(13)9-10-16(18)27-11-17(25)24-20(28)23-15-8-4-3-7-14(15)19(22)26/h1-10H,11H2,(H2,22,26)(H2,23,24,25,28). The molecule has 142 valence electrons. The minimum absolute atomic E-state index is 0.0416. The zero-order chi connectivity index (χ0) is 20.1. The van der Waals surface area contributed by atoms with Crippen LogP contribution in [0.2, 0.25) is 0 Å². The van der Waals surface area contributed by atoms with E-state index < -0.39 is 11.8 Å². The van der Waals surface area contributed by atoms with Crippen molar-refractivity contribution in [2.45, 2.75) is 0 Å². The molecule has 0 saturated carbocycles. The van der Waals surface area contributed by atoms with E-state index in [0.717, 1.165) is 15.2 Å². The number of thiocarbonyl (C=S) groups is 1. The lowest BCUT2D eigenvalue weighted by molar-refractivity contribution is -0.121. The van der Waals surface area contributed by atoms with Crippen LogP contribution >= 0.6 is 28.1 Å². The quantitative estimate of drug-likeness (QED) is 0.509. The second-order valence-electron chi connectivity index (χ2n) is 5.80. The number of para-hydroxylation sites is 1. The van der Waals surface area contributed by atoms with E-state index in [0.29, 0.717) is 11.4 Å². The number of ether oxygens (including phenoxy) is 1. The van der Waals surface area contributed by atoms with Gasteiger partial charge in [0.1, 0.15) is 5.75 Å². The van der Waals surface area contributed by atoms with Gasteiger partial charge in [-0.1, -0.05) is 42.5 Å². The Labute approximate surface area is 175 Å². The topological polar surface area (TPSA) is 93.5 Å². The number of benzene rings is 3. The van der Waals surface area contributed by atoms with Gasteiger partial charge in [-0.25, -0.2) is 0 Å². The van der Waals surface area contributed by atoms with Gasteiger partial charge in [0.05, 0.1) is 15.7 Å². The van der Waals surface area contributed by atoms with Crippen molar-refractivity contribution in [2.24, 2.45) is 5.73 Å². The molecule has 0 aliphatic rings. The summed E-state index contributed by atoms with van der Waals surface area (Å²) in [6.45, 7) is -0.226. The molecule has 0 aliphatic carbocycles. The van der Waals surface area contributed by atoms with Gasteiger partial charge in [0.15, 0.2) is 11.7 Å². The lowest BCUT2D eigenvalue weighted by atomic mass is 10.1. The van der Waals surface area contributed by atoms with Crippen LogP contribution in [0.4, 0.5) is 5.69 Å². The van der Waals surface area contributed by atoms with Crippen LogP contribution in [0.25, 0.3) is 10.8 Å². The molecule has 3 aromatic rings. The number of anilines is 1. The average Bonchev–Trinajstić information content (AvgIpc) is 2.68. The number of nitrogens with one attached hydrogen (secondary N) is 2. The largest absolute Gasteiger partial charge is 0.483 e. The number of primary amides is 1. The van der Waals surface area contributed by atoms with Crippen molar-refractivity contribution in [2.75, 3.05) is 11.9 Å². The van der Waals surface area contributed by atoms with Gasteiger partial charge in [0.25, 0.3) is 11.8 Å². The number of carbonyl (C=O) groups excluding carboxylic acids is 2. The average molecular weight is 458 g/mol. The maximum absolute atomic E-state index is 12.1. The molecule has 0 bridgehead atoms. The number of fused-ring (bicyclic) bond motifs is 1. The lowest BCUT2D eigenvalue weighted by Crippen LogP contribution is -2.37. The Morgan fingerprint density at radius 1 is 1.04 bits per heavy atom. The molecule has 0 aliphatic heterocycles. The minimum atomic E-state index is -0.596. The van der Waals surface area contributed by atoms with Gasteiger partial charge < -0.3 is 15.8 Å². The fraction of sp³-hybridized carbons (Fsp3) is 0.0500. The lowest BCUT2D eigenvalue weighted by Gasteiger charge is -2.13. The first-order chi connectivity index (χ1) is 13.5. The SMILES string of the molecule is NC(=O)c1ccccc1NC(=S)NC(=O)COc1ccc2ccccc2c1Br. The van der Waals surface area contributed by atoms with Crippen LogP contribution in [-0.4, -0.2) is 23.5 Å². The number of rotatable bonds is 5. The highest BCUT2D eigenvalue weighted by molar-refractivity contribution is 9.10. The predicted octanol–water partition coefficient (Wildman–Crippen LogP) is 3.59. The molecule has 0 saturated heterocycles.